The molecule has 76 valence electrons. The predicted octanol–water partition coefficient (Wildman–Crippen LogP) is 0.111. The van der Waals surface area contributed by atoms with E-state index < -0.39 is 0 Å². The molecule has 2 aliphatic heterocycles. The third kappa shape index (κ3) is 1.39. The summed E-state index contributed by atoms with van der Waals surface area (Å²) in [6, 6.07) is 1.20. The molecule has 0 aliphatic carbocycles. The number of aliphatic hydroxyl groups excluding tert-OH is 2. The monoisotopic (exact) mass is 186 g/mol. The fourth-order valence-corrected chi connectivity index (χ4v) is 3.30. The van der Waals surface area contributed by atoms with Crippen LogP contribution in [0.2, 0.25) is 0 Å². The van der Waals surface area contributed by atoms with Crippen molar-refractivity contribution in [1.82, 2.24) is 0 Å². The first kappa shape index (κ1) is 9.44. The Kier molecular flexibility index (Phi) is 2.34. The highest BCUT2D eigenvalue weighted by molar-refractivity contribution is 4.85. The summed E-state index contributed by atoms with van der Waals surface area (Å²) in [6.07, 6.45) is 4.26. The van der Waals surface area contributed by atoms with E-state index >= 15 is 0 Å². The van der Waals surface area contributed by atoms with E-state index in [1.165, 1.54) is 12.8 Å². The number of piperidine rings is 1. The van der Waals surface area contributed by atoms with Gasteiger partial charge in [-0.05, 0) is 0 Å². The lowest BCUT2D eigenvalue weighted by molar-refractivity contribution is -0.949. The Morgan fingerprint density at radius 3 is 2.23 bits per heavy atom. The molecule has 2 N–H and O–H groups in total. The normalized spacial score (nSPS) is 49.6. The maximum absolute atomic E-state index is 9.62. The Morgan fingerprint density at radius 2 is 1.77 bits per heavy atom. The molecule has 2 rings (SSSR count). The van der Waals surface area contributed by atoms with Crippen molar-refractivity contribution in [1.29, 1.82) is 0 Å². The first-order chi connectivity index (χ1) is 6.16. The van der Waals surface area contributed by atoms with Gasteiger partial charge in [0.1, 0.15) is 6.54 Å². The number of likely N-dealkylation sites (N-methyl/N-ethyl adjacent to an activating group) is 1. The molecule has 2 unspecified atom stereocenters. The minimum absolute atomic E-state index is 0.0811. The summed E-state index contributed by atoms with van der Waals surface area (Å²) >= 11 is 0. The number of hydrogen-bond donors (Lipinski definition) is 2. The minimum atomic E-state index is -0.0811. The summed E-state index contributed by atoms with van der Waals surface area (Å²) in [6.45, 7) is 1.14. The van der Waals surface area contributed by atoms with E-state index in [2.05, 4.69) is 7.05 Å². The zero-order valence-corrected chi connectivity index (χ0v) is 8.32. The van der Waals surface area contributed by atoms with Gasteiger partial charge in [-0.15, -0.1) is 0 Å². The standard InChI is InChI=1S/C10H20NO2/c1-11(4-5-12)8-2-3-9(11)7-10(13)6-8/h8-10,12-13H,2-7H2,1H3/q+1. The highest BCUT2D eigenvalue weighted by Crippen LogP contribution is 2.40. The van der Waals surface area contributed by atoms with Gasteiger partial charge in [0.05, 0.1) is 31.8 Å². The SMILES string of the molecule is C[N+]1(CCO)C2CCC1CC(O)C2. The topological polar surface area (TPSA) is 40.5 Å². The van der Waals surface area contributed by atoms with Gasteiger partial charge in [-0.1, -0.05) is 0 Å². The number of fused-ring (bicyclic) bond motifs is 2. The van der Waals surface area contributed by atoms with Crippen LogP contribution in [0, 0.1) is 0 Å². The molecule has 0 aromatic heterocycles. The number of hydrogen-bond acceptors (Lipinski definition) is 2. The predicted molar refractivity (Wildman–Crippen MR) is 50.2 cm³/mol. The maximum atomic E-state index is 9.62. The fraction of sp³-hybridized carbons (Fsp3) is 1.00. The van der Waals surface area contributed by atoms with E-state index in [0.29, 0.717) is 12.1 Å². The average molecular weight is 186 g/mol. The molecule has 0 radical (unpaired) electrons. The van der Waals surface area contributed by atoms with Crippen molar-refractivity contribution in [3.8, 4) is 0 Å². The van der Waals surface area contributed by atoms with Crippen molar-refractivity contribution in [3.63, 3.8) is 0 Å². The van der Waals surface area contributed by atoms with E-state index in [-0.39, 0.29) is 12.7 Å². The highest BCUT2D eigenvalue weighted by Gasteiger charge is 2.50. The van der Waals surface area contributed by atoms with E-state index in [4.69, 9.17) is 5.11 Å². The summed E-state index contributed by atoms with van der Waals surface area (Å²) < 4.78 is 1.01. The van der Waals surface area contributed by atoms with E-state index in [0.717, 1.165) is 23.9 Å². The summed E-state index contributed by atoms with van der Waals surface area (Å²) in [5.74, 6) is 0. The number of rotatable bonds is 2. The number of aliphatic hydroxyl groups is 2. The van der Waals surface area contributed by atoms with Gasteiger partial charge in [0.25, 0.3) is 0 Å². The van der Waals surface area contributed by atoms with Crippen LogP contribution in [0.25, 0.3) is 0 Å². The van der Waals surface area contributed by atoms with E-state index in [1.807, 2.05) is 0 Å². The molecule has 13 heavy (non-hydrogen) atoms. The van der Waals surface area contributed by atoms with Gasteiger partial charge in [0.2, 0.25) is 0 Å². The Balaban J connectivity index is 2.13. The zero-order valence-electron chi connectivity index (χ0n) is 8.32. The number of quaternary nitrogens is 1. The highest BCUT2D eigenvalue weighted by atomic mass is 16.3. The molecule has 2 atom stereocenters. The molecular formula is C10H20NO2+. The zero-order chi connectivity index (χ0) is 9.47. The van der Waals surface area contributed by atoms with E-state index in [1.54, 1.807) is 0 Å². The molecule has 0 aromatic carbocycles. The van der Waals surface area contributed by atoms with Crippen molar-refractivity contribution < 1.29 is 14.7 Å². The van der Waals surface area contributed by atoms with Gasteiger partial charge in [0.15, 0.2) is 0 Å². The fourth-order valence-electron chi connectivity index (χ4n) is 3.30. The van der Waals surface area contributed by atoms with Crippen molar-refractivity contribution in [2.45, 2.75) is 43.9 Å². The van der Waals surface area contributed by atoms with Crippen LogP contribution < -0.4 is 0 Å². The lowest BCUT2D eigenvalue weighted by Crippen LogP contribution is -2.59. The van der Waals surface area contributed by atoms with Gasteiger partial charge in [-0.25, -0.2) is 0 Å². The molecule has 2 fully saturated rings. The van der Waals surface area contributed by atoms with Crippen LogP contribution in [0.5, 0.6) is 0 Å². The van der Waals surface area contributed by atoms with Gasteiger partial charge in [-0.3, -0.25) is 0 Å². The molecule has 2 aliphatic rings. The lowest BCUT2D eigenvalue weighted by atomic mass is 9.97. The quantitative estimate of drug-likeness (QED) is 0.601. The largest absolute Gasteiger partial charge is 0.393 e. The third-order valence-electron chi connectivity index (χ3n) is 4.17. The second-order valence-electron chi connectivity index (χ2n) is 4.80. The van der Waals surface area contributed by atoms with Gasteiger partial charge < -0.3 is 14.7 Å². The Morgan fingerprint density at radius 1 is 1.23 bits per heavy atom. The molecule has 0 amide bonds. The summed E-state index contributed by atoms with van der Waals surface area (Å²) in [5.41, 5.74) is 0. The second kappa shape index (κ2) is 3.23. The molecule has 3 nitrogen and oxygen atoms in total. The van der Waals surface area contributed by atoms with Crippen LogP contribution in [0.1, 0.15) is 25.7 Å². The van der Waals surface area contributed by atoms with E-state index in [9.17, 15) is 5.11 Å². The summed E-state index contributed by atoms with van der Waals surface area (Å²) in [4.78, 5) is 0. The molecule has 2 saturated heterocycles. The van der Waals surface area contributed by atoms with Crippen LogP contribution in [0.3, 0.4) is 0 Å². The van der Waals surface area contributed by atoms with Crippen LogP contribution in [0.4, 0.5) is 0 Å². The van der Waals surface area contributed by atoms with Crippen molar-refractivity contribution in [3.05, 3.63) is 0 Å². The smallest absolute Gasteiger partial charge is 0.102 e. The van der Waals surface area contributed by atoms with Crippen LogP contribution in [-0.2, 0) is 0 Å². The first-order valence-electron chi connectivity index (χ1n) is 5.30. The first-order valence-corrected chi connectivity index (χ1v) is 5.30. The molecule has 3 heteroatoms. The molecular weight excluding hydrogens is 166 g/mol. The third-order valence-corrected chi connectivity index (χ3v) is 4.17. The van der Waals surface area contributed by atoms with Crippen LogP contribution in [0.15, 0.2) is 0 Å². The average Bonchev–Trinajstić information content (AvgIpc) is 2.31. The molecule has 0 spiro atoms. The van der Waals surface area contributed by atoms with Crippen molar-refractivity contribution in [2.24, 2.45) is 0 Å². The molecule has 0 saturated carbocycles. The van der Waals surface area contributed by atoms with Crippen molar-refractivity contribution in [2.75, 3.05) is 20.2 Å². The van der Waals surface area contributed by atoms with Crippen LogP contribution in [-0.4, -0.2) is 53.1 Å². The molecule has 2 heterocycles. The lowest BCUT2D eigenvalue weighted by Gasteiger charge is -2.45. The van der Waals surface area contributed by atoms with Gasteiger partial charge in [-0.2, -0.15) is 0 Å². The Bertz CT molecular complexity index is 181. The Hall–Kier alpha value is -0.120. The van der Waals surface area contributed by atoms with Gasteiger partial charge >= 0.3 is 0 Å². The maximum Gasteiger partial charge on any atom is 0.102 e. The molecule has 2 bridgehead atoms. The summed E-state index contributed by atoms with van der Waals surface area (Å²) in [5, 5.41) is 18.7. The number of nitrogens with zero attached hydrogens (tertiary/aromatic N) is 1. The molecule has 0 aromatic rings. The Labute approximate surface area is 79.6 Å². The summed E-state index contributed by atoms with van der Waals surface area (Å²) in [7, 11) is 2.24. The van der Waals surface area contributed by atoms with Crippen molar-refractivity contribution >= 4 is 0 Å². The van der Waals surface area contributed by atoms with Gasteiger partial charge in [0, 0.05) is 25.7 Å². The van der Waals surface area contributed by atoms with Crippen LogP contribution >= 0.6 is 0 Å². The second-order valence-corrected chi connectivity index (χ2v) is 4.80. The minimum Gasteiger partial charge on any atom is -0.393 e.